The molecular weight excluding hydrogens is 516 g/mol. The smallest absolute Gasteiger partial charge is 0.248 e. The van der Waals surface area contributed by atoms with Crippen LogP contribution in [-0.4, -0.2) is 101 Å². The van der Waals surface area contributed by atoms with Crippen LogP contribution in [-0.2, 0) is 21.1 Å². The van der Waals surface area contributed by atoms with Gasteiger partial charge in [-0.05, 0) is 31.9 Å². The number of amides is 3. The molecule has 0 saturated carbocycles. The van der Waals surface area contributed by atoms with E-state index < -0.39 is 27.4 Å². The van der Waals surface area contributed by atoms with Crippen molar-refractivity contribution >= 4 is 40.5 Å². The molecule has 2 fully saturated rings. The predicted octanol–water partition coefficient (Wildman–Crippen LogP) is 1.67. The summed E-state index contributed by atoms with van der Waals surface area (Å²) in [6, 6.07) is 6.81. The summed E-state index contributed by atoms with van der Waals surface area (Å²) in [6.07, 6.45) is 9.28. The number of carbonyl (C=O) groups is 3. The lowest BCUT2D eigenvalue weighted by atomic mass is 9.74. The number of hydrogen-bond acceptors (Lipinski definition) is 7. The Balaban J connectivity index is 1.41. The Morgan fingerprint density at radius 1 is 1.00 bits per heavy atom. The number of rotatable bonds is 7. The van der Waals surface area contributed by atoms with Gasteiger partial charge in [0, 0.05) is 37.5 Å². The van der Waals surface area contributed by atoms with E-state index in [0.29, 0.717) is 26.1 Å². The summed E-state index contributed by atoms with van der Waals surface area (Å²) in [7, 11) is 0. The lowest BCUT2D eigenvalue weighted by Crippen LogP contribution is -2.53. The number of aliphatic hydroxyl groups is 1. The van der Waals surface area contributed by atoms with Crippen molar-refractivity contribution in [2.45, 2.75) is 48.9 Å². The number of aliphatic hydroxyl groups excluding tert-OH is 1. The maximum Gasteiger partial charge on any atom is 0.248 e. The van der Waals surface area contributed by atoms with Crippen molar-refractivity contribution in [3.05, 3.63) is 48.6 Å². The molecule has 1 aromatic carbocycles. The number of para-hydroxylation sites is 1. The molecule has 4 aliphatic rings. The summed E-state index contributed by atoms with van der Waals surface area (Å²) < 4.78 is 0.188. The second-order valence-corrected chi connectivity index (χ2v) is 12.8. The van der Waals surface area contributed by atoms with E-state index in [1.165, 1.54) is 0 Å². The van der Waals surface area contributed by atoms with Gasteiger partial charge in [0.2, 0.25) is 17.7 Å². The van der Waals surface area contributed by atoms with Crippen LogP contribution in [0.5, 0.6) is 0 Å². The third-order valence-electron chi connectivity index (χ3n) is 8.50. The SMILES string of the molecule is CCCN1CC=C[C@]2(C)S[C@]34C=CCN(Cn5nnc6ccccc65)C(=O)C3N(CCCO)C(=O)[C@@H]4[C@@H]2C1=O. The van der Waals surface area contributed by atoms with Gasteiger partial charge in [-0.3, -0.25) is 14.4 Å². The molecule has 5 heterocycles. The third-order valence-corrected chi connectivity index (χ3v) is 10.3. The van der Waals surface area contributed by atoms with Crippen molar-refractivity contribution in [1.29, 1.82) is 0 Å². The number of carbonyl (C=O) groups excluding carboxylic acids is 3. The van der Waals surface area contributed by atoms with Crippen LogP contribution >= 0.6 is 11.8 Å². The Hall–Kier alpha value is -3.18. The number of hydrogen-bond donors (Lipinski definition) is 1. The fourth-order valence-corrected chi connectivity index (χ4v) is 9.04. The van der Waals surface area contributed by atoms with Gasteiger partial charge in [-0.15, -0.1) is 16.9 Å². The summed E-state index contributed by atoms with van der Waals surface area (Å²) in [5.74, 6) is -1.63. The molecule has 0 bridgehead atoms. The Kier molecular flexibility index (Phi) is 6.53. The maximum atomic E-state index is 14.4. The minimum absolute atomic E-state index is 0.0223. The molecular formula is C28H34N6O4S. The van der Waals surface area contributed by atoms with E-state index in [9.17, 15) is 19.5 Å². The second-order valence-electron chi connectivity index (χ2n) is 11.0. The Bertz CT molecular complexity index is 1370. The number of thioether (sulfide) groups is 1. The molecule has 1 spiro atoms. The van der Waals surface area contributed by atoms with E-state index in [1.54, 1.807) is 26.2 Å². The molecule has 3 amide bonds. The van der Waals surface area contributed by atoms with Crippen molar-refractivity contribution in [2.24, 2.45) is 11.8 Å². The maximum absolute atomic E-state index is 14.4. The molecule has 0 radical (unpaired) electrons. The molecule has 5 atom stereocenters. The van der Waals surface area contributed by atoms with Gasteiger partial charge in [0.05, 0.1) is 22.1 Å². The van der Waals surface area contributed by atoms with Gasteiger partial charge < -0.3 is 19.8 Å². The van der Waals surface area contributed by atoms with Crippen LogP contribution in [0.1, 0.15) is 26.7 Å². The Morgan fingerprint density at radius 2 is 1.77 bits per heavy atom. The first-order chi connectivity index (χ1) is 18.8. The van der Waals surface area contributed by atoms with Crippen LogP contribution in [0.15, 0.2) is 48.6 Å². The van der Waals surface area contributed by atoms with Crippen molar-refractivity contribution < 1.29 is 19.5 Å². The summed E-state index contributed by atoms with van der Waals surface area (Å²) in [5.41, 5.74) is 1.57. The normalized spacial score (nSPS) is 32.0. The first kappa shape index (κ1) is 26.1. The fraction of sp³-hybridized carbons (Fsp3) is 0.536. The van der Waals surface area contributed by atoms with Crippen LogP contribution in [0.2, 0.25) is 0 Å². The molecule has 11 heteroatoms. The van der Waals surface area contributed by atoms with Gasteiger partial charge in [0.15, 0.2) is 0 Å². The molecule has 2 saturated heterocycles. The zero-order valence-electron chi connectivity index (χ0n) is 22.3. The van der Waals surface area contributed by atoms with Gasteiger partial charge in [0.25, 0.3) is 0 Å². The first-order valence-electron chi connectivity index (χ1n) is 13.7. The van der Waals surface area contributed by atoms with Crippen molar-refractivity contribution in [3.8, 4) is 0 Å². The molecule has 6 rings (SSSR count). The molecule has 1 aromatic heterocycles. The fourth-order valence-electron chi connectivity index (χ4n) is 6.88. The van der Waals surface area contributed by atoms with E-state index in [2.05, 4.69) is 16.4 Å². The standard InChI is InChI=1S/C28H34N6O4S/c1-3-13-31-14-6-11-27(2)21(24(31)36)22-25(37)33(16-8-17-35)23-26(38)32(15-7-12-28(22,23)39-27)18-34-20-10-5-4-9-19(20)29-30-34/h4-7,9-12,21-23,35H,3,8,13-18H2,1-2H3/t21-,22+,23?,27+,28+/m1/s1. The highest BCUT2D eigenvalue weighted by Gasteiger charge is 2.73. The quantitative estimate of drug-likeness (QED) is 0.522. The van der Waals surface area contributed by atoms with E-state index in [-0.39, 0.29) is 37.5 Å². The topological polar surface area (TPSA) is 112 Å². The Morgan fingerprint density at radius 3 is 2.56 bits per heavy atom. The summed E-state index contributed by atoms with van der Waals surface area (Å²) in [6.45, 7) is 5.94. The first-order valence-corrected chi connectivity index (χ1v) is 14.5. The molecule has 0 aliphatic carbocycles. The van der Waals surface area contributed by atoms with Gasteiger partial charge in [-0.2, -0.15) is 0 Å². The molecule has 1 unspecified atom stereocenters. The second kappa shape index (κ2) is 9.78. The number of aromatic nitrogens is 3. The highest BCUT2D eigenvalue weighted by molar-refractivity contribution is 8.02. The summed E-state index contributed by atoms with van der Waals surface area (Å²) >= 11 is 1.58. The average molecular weight is 551 g/mol. The molecule has 39 heavy (non-hydrogen) atoms. The van der Waals surface area contributed by atoms with Gasteiger partial charge in [-0.1, -0.05) is 48.6 Å². The van der Waals surface area contributed by atoms with E-state index >= 15 is 0 Å². The largest absolute Gasteiger partial charge is 0.396 e. The van der Waals surface area contributed by atoms with E-state index in [0.717, 1.165) is 17.5 Å². The van der Waals surface area contributed by atoms with Crippen molar-refractivity contribution in [3.63, 3.8) is 0 Å². The lowest BCUT2D eigenvalue weighted by molar-refractivity contribution is -0.145. The summed E-state index contributed by atoms with van der Waals surface area (Å²) in [5, 5.41) is 18.1. The van der Waals surface area contributed by atoms with Crippen LogP contribution in [0.25, 0.3) is 11.0 Å². The number of benzene rings is 1. The van der Waals surface area contributed by atoms with Gasteiger partial charge >= 0.3 is 0 Å². The molecule has 4 aliphatic heterocycles. The highest BCUT2D eigenvalue weighted by Crippen LogP contribution is 2.65. The van der Waals surface area contributed by atoms with Crippen LogP contribution in [0.3, 0.4) is 0 Å². The van der Waals surface area contributed by atoms with E-state index in [4.69, 9.17) is 0 Å². The van der Waals surface area contributed by atoms with Gasteiger partial charge in [-0.25, -0.2) is 4.68 Å². The minimum atomic E-state index is -0.891. The zero-order chi connectivity index (χ0) is 27.4. The lowest BCUT2D eigenvalue weighted by Gasteiger charge is -2.36. The molecule has 206 valence electrons. The van der Waals surface area contributed by atoms with Gasteiger partial charge in [0.1, 0.15) is 18.2 Å². The van der Waals surface area contributed by atoms with Crippen molar-refractivity contribution in [1.82, 2.24) is 29.7 Å². The van der Waals surface area contributed by atoms with Crippen molar-refractivity contribution in [2.75, 3.05) is 32.8 Å². The number of nitrogens with zero attached hydrogens (tertiary/aromatic N) is 6. The highest BCUT2D eigenvalue weighted by atomic mass is 32.2. The predicted molar refractivity (Wildman–Crippen MR) is 147 cm³/mol. The number of likely N-dealkylation sites (tertiary alicyclic amines) is 1. The minimum Gasteiger partial charge on any atom is -0.396 e. The van der Waals surface area contributed by atoms with Crippen LogP contribution in [0.4, 0.5) is 0 Å². The average Bonchev–Trinajstić information content (AvgIpc) is 3.45. The van der Waals surface area contributed by atoms with Crippen LogP contribution < -0.4 is 0 Å². The Labute approximate surface area is 231 Å². The molecule has 1 N–H and O–H groups in total. The third kappa shape index (κ3) is 3.92. The molecule has 2 aromatic rings. The van der Waals surface area contributed by atoms with E-state index in [1.807, 2.05) is 61.2 Å². The number of fused-ring (bicyclic) bond motifs is 3. The van der Waals surface area contributed by atoms with Crippen LogP contribution in [0, 0.1) is 11.8 Å². The summed E-state index contributed by atoms with van der Waals surface area (Å²) in [4.78, 5) is 47.8. The molecule has 10 nitrogen and oxygen atoms in total. The monoisotopic (exact) mass is 550 g/mol. The zero-order valence-corrected chi connectivity index (χ0v) is 23.1.